The standard InChI is InChI=1S/C21H21ClN4O2/c1-14(2)19(25-20(27)17-5-3-4-6-18(17)22)21(28)24-15-7-9-16(10-8-15)26-12-11-23-13-26/h3-14,19H,1-2H3,(H,24,28)(H,25,27). The Kier molecular flexibility index (Phi) is 6.11. The summed E-state index contributed by atoms with van der Waals surface area (Å²) in [5, 5.41) is 5.98. The zero-order valence-electron chi connectivity index (χ0n) is 15.6. The zero-order chi connectivity index (χ0) is 20.1. The van der Waals surface area contributed by atoms with Crippen molar-refractivity contribution in [2.45, 2.75) is 19.9 Å². The number of benzene rings is 2. The molecule has 7 heteroatoms. The smallest absolute Gasteiger partial charge is 0.253 e. The molecule has 144 valence electrons. The number of hydrogen-bond acceptors (Lipinski definition) is 3. The van der Waals surface area contributed by atoms with Crippen molar-refractivity contribution < 1.29 is 9.59 Å². The van der Waals surface area contributed by atoms with Gasteiger partial charge in [-0.25, -0.2) is 4.98 Å². The van der Waals surface area contributed by atoms with Gasteiger partial charge in [0, 0.05) is 23.8 Å². The fraction of sp³-hybridized carbons (Fsp3) is 0.190. The molecule has 1 aromatic heterocycles. The Balaban J connectivity index is 1.69. The lowest BCUT2D eigenvalue weighted by molar-refractivity contribution is -0.118. The molecule has 3 aromatic rings. The number of carbonyl (C=O) groups excluding carboxylic acids is 2. The van der Waals surface area contributed by atoms with Crippen LogP contribution in [0, 0.1) is 5.92 Å². The van der Waals surface area contributed by atoms with Crippen LogP contribution in [0.25, 0.3) is 5.69 Å². The van der Waals surface area contributed by atoms with Gasteiger partial charge in [0.05, 0.1) is 16.9 Å². The summed E-state index contributed by atoms with van der Waals surface area (Å²) in [5.74, 6) is -0.766. The Morgan fingerprint density at radius 3 is 2.39 bits per heavy atom. The highest BCUT2D eigenvalue weighted by Gasteiger charge is 2.25. The first-order valence-electron chi connectivity index (χ1n) is 8.90. The number of hydrogen-bond donors (Lipinski definition) is 2. The molecule has 1 heterocycles. The number of imidazole rings is 1. The molecule has 0 fully saturated rings. The van der Waals surface area contributed by atoms with E-state index in [-0.39, 0.29) is 17.7 Å². The molecule has 0 bridgehead atoms. The molecule has 0 saturated carbocycles. The van der Waals surface area contributed by atoms with Crippen molar-refractivity contribution in [3.05, 3.63) is 77.8 Å². The quantitative estimate of drug-likeness (QED) is 0.663. The van der Waals surface area contributed by atoms with Gasteiger partial charge in [-0.3, -0.25) is 9.59 Å². The number of halogens is 1. The summed E-state index contributed by atoms with van der Waals surface area (Å²) < 4.78 is 1.87. The summed E-state index contributed by atoms with van der Waals surface area (Å²) in [6, 6.07) is 13.4. The lowest BCUT2D eigenvalue weighted by Gasteiger charge is -2.22. The minimum Gasteiger partial charge on any atom is -0.340 e. The first-order chi connectivity index (χ1) is 13.5. The van der Waals surface area contributed by atoms with E-state index in [2.05, 4.69) is 15.6 Å². The maximum absolute atomic E-state index is 12.7. The molecule has 0 aliphatic carbocycles. The van der Waals surface area contributed by atoms with E-state index in [1.165, 1.54) is 0 Å². The average molecular weight is 397 g/mol. The maximum Gasteiger partial charge on any atom is 0.253 e. The first-order valence-corrected chi connectivity index (χ1v) is 9.28. The Labute approximate surface area is 168 Å². The third kappa shape index (κ3) is 4.58. The Hall–Kier alpha value is -3.12. The summed E-state index contributed by atoms with van der Waals surface area (Å²) in [4.78, 5) is 29.3. The lowest BCUT2D eigenvalue weighted by Crippen LogP contribution is -2.47. The summed E-state index contributed by atoms with van der Waals surface area (Å²) in [6.45, 7) is 3.75. The van der Waals surface area contributed by atoms with Crippen LogP contribution in [0.4, 0.5) is 5.69 Å². The van der Waals surface area contributed by atoms with Crippen LogP contribution in [0.2, 0.25) is 5.02 Å². The number of amides is 2. The predicted octanol–water partition coefficient (Wildman–Crippen LogP) is 3.92. The molecule has 2 amide bonds. The summed E-state index contributed by atoms with van der Waals surface area (Å²) in [6.07, 6.45) is 5.24. The fourth-order valence-corrected chi connectivity index (χ4v) is 2.97. The second-order valence-corrected chi connectivity index (χ2v) is 7.09. The second-order valence-electron chi connectivity index (χ2n) is 6.68. The normalized spacial score (nSPS) is 11.9. The van der Waals surface area contributed by atoms with E-state index in [1.54, 1.807) is 48.9 Å². The molecule has 0 spiro atoms. The van der Waals surface area contributed by atoms with Crippen molar-refractivity contribution in [2.24, 2.45) is 5.92 Å². The van der Waals surface area contributed by atoms with Gasteiger partial charge in [-0.2, -0.15) is 0 Å². The van der Waals surface area contributed by atoms with Crippen LogP contribution in [-0.2, 0) is 4.79 Å². The lowest BCUT2D eigenvalue weighted by atomic mass is 10.0. The maximum atomic E-state index is 12.7. The van der Waals surface area contributed by atoms with Crippen LogP contribution >= 0.6 is 11.6 Å². The average Bonchev–Trinajstić information content (AvgIpc) is 3.21. The van der Waals surface area contributed by atoms with Crippen molar-refractivity contribution in [3.63, 3.8) is 0 Å². The monoisotopic (exact) mass is 396 g/mol. The second kappa shape index (κ2) is 8.71. The number of anilines is 1. The molecule has 0 saturated heterocycles. The molecule has 6 nitrogen and oxygen atoms in total. The molecule has 0 aliphatic heterocycles. The van der Waals surface area contributed by atoms with E-state index in [0.29, 0.717) is 16.3 Å². The molecule has 0 aliphatic rings. The van der Waals surface area contributed by atoms with Gasteiger partial charge in [-0.15, -0.1) is 0 Å². The first kappa shape index (κ1) is 19.6. The molecule has 3 rings (SSSR count). The minimum atomic E-state index is -0.697. The van der Waals surface area contributed by atoms with E-state index < -0.39 is 6.04 Å². The van der Waals surface area contributed by atoms with E-state index in [4.69, 9.17) is 11.6 Å². The molecule has 0 radical (unpaired) electrons. The van der Waals surface area contributed by atoms with E-state index in [1.807, 2.05) is 36.7 Å². The molecular weight excluding hydrogens is 376 g/mol. The fourth-order valence-electron chi connectivity index (χ4n) is 2.75. The molecule has 1 unspecified atom stereocenters. The van der Waals surface area contributed by atoms with Gasteiger partial charge in [-0.05, 0) is 42.3 Å². The number of nitrogens with one attached hydrogen (secondary N) is 2. The molecular formula is C21H21ClN4O2. The third-order valence-electron chi connectivity index (χ3n) is 4.29. The number of rotatable bonds is 6. The molecule has 28 heavy (non-hydrogen) atoms. The highest BCUT2D eigenvalue weighted by atomic mass is 35.5. The van der Waals surface area contributed by atoms with Crippen molar-refractivity contribution >= 4 is 29.1 Å². The third-order valence-corrected chi connectivity index (χ3v) is 4.62. The van der Waals surface area contributed by atoms with Crippen molar-refractivity contribution in [2.75, 3.05) is 5.32 Å². The van der Waals surface area contributed by atoms with Crippen LogP contribution < -0.4 is 10.6 Å². The Morgan fingerprint density at radius 1 is 1.07 bits per heavy atom. The number of nitrogens with zero attached hydrogens (tertiary/aromatic N) is 2. The van der Waals surface area contributed by atoms with Gasteiger partial charge < -0.3 is 15.2 Å². The SMILES string of the molecule is CC(C)C(NC(=O)c1ccccc1Cl)C(=O)Nc1ccc(-n2ccnc2)cc1. The van der Waals surface area contributed by atoms with Crippen molar-refractivity contribution in [1.29, 1.82) is 0 Å². The van der Waals surface area contributed by atoms with Gasteiger partial charge in [-0.1, -0.05) is 37.6 Å². The van der Waals surface area contributed by atoms with Crippen LogP contribution in [-0.4, -0.2) is 27.4 Å². The topological polar surface area (TPSA) is 76.0 Å². The summed E-state index contributed by atoms with van der Waals surface area (Å²) in [7, 11) is 0. The summed E-state index contributed by atoms with van der Waals surface area (Å²) in [5.41, 5.74) is 1.92. The van der Waals surface area contributed by atoms with Gasteiger partial charge in [0.2, 0.25) is 5.91 Å². The molecule has 1 atom stereocenters. The highest BCUT2D eigenvalue weighted by molar-refractivity contribution is 6.33. The molecule has 2 aromatic carbocycles. The van der Waals surface area contributed by atoms with Crippen LogP contribution in [0.3, 0.4) is 0 Å². The predicted molar refractivity (Wildman–Crippen MR) is 110 cm³/mol. The minimum absolute atomic E-state index is 0.100. The van der Waals surface area contributed by atoms with Crippen LogP contribution in [0.5, 0.6) is 0 Å². The van der Waals surface area contributed by atoms with E-state index in [9.17, 15) is 9.59 Å². The Bertz CT molecular complexity index is 953. The van der Waals surface area contributed by atoms with Crippen LogP contribution in [0.15, 0.2) is 67.3 Å². The van der Waals surface area contributed by atoms with E-state index in [0.717, 1.165) is 5.69 Å². The Morgan fingerprint density at radius 2 is 1.79 bits per heavy atom. The summed E-state index contributed by atoms with van der Waals surface area (Å²) >= 11 is 6.08. The number of carbonyl (C=O) groups is 2. The highest BCUT2D eigenvalue weighted by Crippen LogP contribution is 2.17. The van der Waals surface area contributed by atoms with Crippen molar-refractivity contribution in [3.8, 4) is 5.69 Å². The largest absolute Gasteiger partial charge is 0.340 e. The molecule has 2 N–H and O–H groups in total. The number of aromatic nitrogens is 2. The van der Waals surface area contributed by atoms with Gasteiger partial charge in [0.1, 0.15) is 6.04 Å². The van der Waals surface area contributed by atoms with E-state index >= 15 is 0 Å². The van der Waals surface area contributed by atoms with Gasteiger partial charge >= 0.3 is 0 Å². The zero-order valence-corrected chi connectivity index (χ0v) is 16.4. The van der Waals surface area contributed by atoms with Gasteiger partial charge in [0.15, 0.2) is 0 Å². The van der Waals surface area contributed by atoms with Crippen molar-refractivity contribution in [1.82, 2.24) is 14.9 Å². The van der Waals surface area contributed by atoms with Gasteiger partial charge in [0.25, 0.3) is 5.91 Å². The van der Waals surface area contributed by atoms with Crippen LogP contribution in [0.1, 0.15) is 24.2 Å².